The topological polar surface area (TPSA) is 93.7 Å². The highest BCUT2D eigenvalue weighted by Crippen LogP contribution is 2.24. The van der Waals surface area contributed by atoms with Gasteiger partial charge >= 0.3 is 0 Å². The van der Waals surface area contributed by atoms with Crippen molar-refractivity contribution in [1.82, 2.24) is 10.6 Å². The van der Waals surface area contributed by atoms with Gasteiger partial charge in [-0.25, -0.2) is 0 Å². The number of ether oxygens (including phenoxy) is 2. The molecule has 1 rings (SSSR count). The van der Waals surface area contributed by atoms with Crippen molar-refractivity contribution in [3.63, 3.8) is 0 Å². The third-order valence-corrected chi connectivity index (χ3v) is 4.98. The van der Waals surface area contributed by atoms with Crippen LogP contribution in [0.25, 0.3) is 0 Å². The Bertz CT molecular complexity index is 483. The molecule has 0 heterocycles. The van der Waals surface area contributed by atoms with E-state index in [4.69, 9.17) is 9.47 Å². The van der Waals surface area contributed by atoms with Crippen molar-refractivity contribution < 1.29 is 26.7 Å². The Hall–Kier alpha value is -1.47. The summed E-state index contributed by atoms with van der Waals surface area (Å²) in [6.07, 6.45) is 4.12. The average molecular weight is 389 g/mol. The summed E-state index contributed by atoms with van der Waals surface area (Å²) in [6.45, 7) is 8.73. The van der Waals surface area contributed by atoms with Crippen LogP contribution >= 0.6 is 0 Å². The van der Waals surface area contributed by atoms with Gasteiger partial charge in [0.1, 0.15) is 6.61 Å². The van der Waals surface area contributed by atoms with Gasteiger partial charge in [-0.3, -0.25) is 14.4 Å². The summed E-state index contributed by atoms with van der Waals surface area (Å²) in [5.74, 6) is -0.293. The van der Waals surface area contributed by atoms with E-state index in [1.807, 2.05) is 20.8 Å². The molecule has 27 heavy (non-hydrogen) atoms. The van der Waals surface area contributed by atoms with E-state index in [1.165, 1.54) is 0 Å². The molecule has 0 aromatic rings. The van der Waals surface area contributed by atoms with Crippen LogP contribution in [0.4, 0.5) is 0 Å². The van der Waals surface area contributed by atoms with E-state index in [-0.39, 0.29) is 57.6 Å². The second-order valence-electron chi connectivity index (χ2n) is 7.60. The molecule has 0 radical (unpaired) electrons. The third kappa shape index (κ3) is 9.86. The van der Waals surface area contributed by atoms with Crippen molar-refractivity contribution in [2.24, 2.45) is 11.8 Å². The minimum Gasteiger partial charge on any atom is -0.376 e. The summed E-state index contributed by atoms with van der Waals surface area (Å²) in [7, 11) is 0. The number of carbonyl (C=O) groups excluding carboxylic acids is 3. The summed E-state index contributed by atoms with van der Waals surface area (Å²) in [5.41, 5.74) is 0. The molecule has 1 aliphatic carbocycles. The SMILES string of the molecule is CCC(C)OCCOCC(=O)NC1CCC(C(=O)NCC(=O)C(C)C)CC1.[HH].[HH]. The van der Waals surface area contributed by atoms with E-state index >= 15 is 0 Å². The highest BCUT2D eigenvalue weighted by molar-refractivity contribution is 5.88. The smallest absolute Gasteiger partial charge is 0.246 e. The molecular weight excluding hydrogens is 348 g/mol. The molecule has 0 spiro atoms. The van der Waals surface area contributed by atoms with Crippen molar-refractivity contribution in [1.29, 1.82) is 0 Å². The Morgan fingerprint density at radius 2 is 1.74 bits per heavy atom. The Balaban J connectivity index is 0. The molecule has 0 saturated heterocycles. The molecule has 1 fully saturated rings. The Morgan fingerprint density at radius 3 is 2.33 bits per heavy atom. The molecule has 7 heteroatoms. The lowest BCUT2D eigenvalue weighted by atomic mass is 9.85. The van der Waals surface area contributed by atoms with Crippen LogP contribution in [0.5, 0.6) is 0 Å². The lowest BCUT2D eigenvalue weighted by Gasteiger charge is -2.28. The van der Waals surface area contributed by atoms with Crippen LogP contribution in [-0.2, 0) is 23.9 Å². The normalized spacial score (nSPS) is 20.9. The van der Waals surface area contributed by atoms with Crippen molar-refractivity contribution in [3.8, 4) is 0 Å². The molecule has 2 amide bonds. The Kier molecular flexibility index (Phi) is 11.2. The van der Waals surface area contributed by atoms with Gasteiger partial charge in [0.25, 0.3) is 0 Å². The first-order valence-corrected chi connectivity index (χ1v) is 10.1. The molecule has 0 aromatic carbocycles. The fourth-order valence-corrected chi connectivity index (χ4v) is 2.88. The summed E-state index contributed by atoms with van der Waals surface area (Å²) in [4.78, 5) is 35.7. The monoisotopic (exact) mass is 388 g/mol. The van der Waals surface area contributed by atoms with E-state index in [1.54, 1.807) is 0 Å². The van der Waals surface area contributed by atoms with Crippen molar-refractivity contribution in [2.75, 3.05) is 26.4 Å². The van der Waals surface area contributed by atoms with Crippen LogP contribution in [0, 0.1) is 11.8 Å². The van der Waals surface area contributed by atoms with Gasteiger partial charge < -0.3 is 20.1 Å². The number of rotatable bonds is 12. The second kappa shape index (κ2) is 12.8. The van der Waals surface area contributed by atoms with Crippen LogP contribution in [0.1, 0.15) is 62.7 Å². The molecule has 0 aromatic heterocycles. The minimum absolute atomic E-state index is 0. The number of amides is 2. The van der Waals surface area contributed by atoms with Gasteiger partial charge in [0.05, 0.1) is 25.9 Å². The van der Waals surface area contributed by atoms with Crippen LogP contribution < -0.4 is 10.6 Å². The van der Waals surface area contributed by atoms with Crippen LogP contribution in [-0.4, -0.2) is 56.1 Å². The highest BCUT2D eigenvalue weighted by atomic mass is 16.5. The first-order valence-electron chi connectivity index (χ1n) is 10.1. The quantitative estimate of drug-likeness (QED) is 0.501. The standard InChI is InChI=1S/C20H36N2O5.2H2/c1-5-15(4)27-11-10-26-13-19(24)22-17-8-6-16(7-9-17)20(25)21-12-18(23)14(2)3;;/h14-17H,5-13H2,1-4H3,(H,21,25)(H,22,24);2*1H. The molecule has 1 atom stereocenters. The zero-order chi connectivity index (χ0) is 20.2. The van der Waals surface area contributed by atoms with E-state index < -0.39 is 0 Å². The molecule has 0 aliphatic heterocycles. The number of nitrogens with one attached hydrogen (secondary N) is 2. The zero-order valence-corrected chi connectivity index (χ0v) is 17.2. The molecule has 7 nitrogen and oxygen atoms in total. The van der Waals surface area contributed by atoms with Gasteiger partial charge in [0.15, 0.2) is 5.78 Å². The van der Waals surface area contributed by atoms with E-state index in [0.717, 1.165) is 32.1 Å². The first kappa shape index (κ1) is 23.6. The van der Waals surface area contributed by atoms with Crippen molar-refractivity contribution >= 4 is 17.6 Å². The maximum Gasteiger partial charge on any atom is 0.246 e. The Labute approximate surface area is 165 Å². The van der Waals surface area contributed by atoms with Crippen molar-refractivity contribution in [3.05, 3.63) is 0 Å². The first-order chi connectivity index (χ1) is 12.8. The molecule has 1 saturated carbocycles. The van der Waals surface area contributed by atoms with Crippen LogP contribution in [0.15, 0.2) is 0 Å². The largest absolute Gasteiger partial charge is 0.376 e. The maximum absolute atomic E-state index is 12.1. The molecule has 2 N–H and O–H groups in total. The highest BCUT2D eigenvalue weighted by Gasteiger charge is 2.27. The Morgan fingerprint density at radius 1 is 1.07 bits per heavy atom. The van der Waals surface area contributed by atoms with Crippen molar-refractivity contribution in [2.45, 2.75) is 71.9 Å². The summed E-state index contributed by atoms with van der Waals surface area (Å²) in [6, 6.07) is 0.0822. The zero-order valence-electron chi connectivity index (χ0n) is 17.2. The lowest BCUT2D eigenvalue weighted by Crippen LogP contribution is -2.43. The van der Waals surface area contributed by atoms with Crippen LogP contribution in [0.3, 0.4) is 0 Å². The molecule has 0 bridgehead atoms. The fourth-order valence-electron chi connectivity index (χ4n) is 2.88. The van der Waals surface area contributed by atoms with Gasteiger partial charge in [-0.15, -0.1) is 0 Å². The van der Waals surface area contributed by atoms with E-state index in [0.29, 0.717) is 13.2 Å². The van der Waals surface area contributed by atoms with Gasteiger partial charge in [-0.2, -0.15) is 0 Å². The average Bonchev–Trinajstić information content (AvgIpc) is 2.65. The van der Waals surface area contributed by atoms with Gasteiger partial charge in [0, 0.05) is 20.7 Å². The molecule has 1 aliphatic rings. The van der Waals surface area contributed by atoms with Gasteiger partial charge in [0.2, 0.25) is 11.8 Å². The van der Waals surface area contributed by atoms with Gasteiger partial charge in [-0.05, 0) is 39.0 Å². The second-order valence-corrected chi connectivity index (χ2v) is 7.60. The fraction of sp³-hybridized carbons (Fsp3) is 0.850. The summed E-state index contributed by atoms with van der Waals surface area (Å²) < 4.78 is 10.8. The number of hydrogen-bond acceptors (Lipinski definition) is 5. The number of Topliss-reactive ketones (excluding diaryl/α,β-unsaturated/α-hetero) is 1. The van der Waals surface area contributed by atoms with E-state index in [9.17, 15) is 14.4 Å². The summed E-state index contributed by atoms with van der Waals surface area (Å²) in [5, 5.41) is 5.70. The number of hydrogen-bond donors (Lipinski definition) is 2. The number of carbonyl (C=O) groups is 3. The predicted molar refractivity (Wildman–Crippen MR) is 107 cm³/mol. The van der Waals surface area contributed by atoms with Crippen LogP contribution in [0.2, 0.25) is 0 Å². The minimum atomic E-state index is -0.131. The molecular formula is C20H40N2O5. The van der Waals surface area contributed by atoms with Gasteiger partial charge in [-0.1, -0.05) is 20.8 Å². The lowest BCUT2D eigenvalue weighted by molar-refractivity contribution is -0.130. The predicted octanol–water partition coefficient (Wildman–Crippen LogP) is 2.33. The summed E-state index contributed by atoms with van der Waals surface area (Å²) >= 11 is 0. The number of ketones is 1. The molecule has 160 valence electrons. The van der Waals surface area contributed by atoms with E-state index in [2.05, 4.69) is 17.6 Å². The maximum atomic E-state index is 12.1. The molecule has 1 unspecified atom stereocenters. The third-order valence-electron chi connectivity index (χ3n) is 4.98.